The Morgan fingerprint density at radius 1 is 1.35 bits per heavy atom. The number of carbonyl (C=O) groups is 2. The number of rotatable bonds is 7. The van der Waals surface area contributed by atoms with Crippen LogP contribution in [0.5, 0.6) is 0 Å². The van der Waals surface area contributed by atoms with Gasteiger partial charge in [-0.2, -0.15) is 0 Å². The third-order valence-corrected chi connectivity index (χ3v) is 4.10. The maximum absolute atomic E-state index is 12.3. The summed E-state index contributed by atoms with van der Waals surface area (Å²) in [5.41, 5.74) is 1.76. The van der Waals surface area contributed by atoms with Crippen LogP contribution in [0.25, 0.3) is 0 Å². The van der Waals surface area contributed by atoms with Crippen LogP contribution in [0.15, 0.2) is 48.5 Å². The Kier molecular flexibility index (Phi) is 6.05. The molecule has 2 amide bonds. The zero-order valence-corrected chi connectivity index (χ0v) is 13.8. The summed E-state index contributed by atoms with van der Waals surface area (Å²) in [4.78, 5) is 29.4. The van der Waals surface area contributed by atoms with Crippen LogP contribution in [0.2, 0.25) is 0 Å². The average Bonchev–Trinajstić information content (AvgIpc) is 3.09. The largest absolute Gasteiger partial charge is 0.323 e. The van der Waals surface area contributed by atoms with Gasteiger partial charge in [0.2, 0.25) is 11.8 Å². The molecule has 0 radical (unpaired) electrons. The topological polar surface area (TPSA) is 62.3 Å². The van der Waals surface area contributed by atoms with Crippen molar-refractivity contribution in [1.82, 2.24) is 4.98 Å². The second-order valence-electron chi connectivity index (χ2n) is 4.84. The molecule has 6 heteroatoms. The number of thiazole rings is 1. The van der Waals surface area contributed by atoms with Crippen LogP contribution in [0.1, 0.15) is 18.9 Å². The number of nitrogens with zero attached hydrogens (tertiary/aromatic N) is 2. The lowest BCUT2D eigenvalue weighted by molar-refractivity contribution is -0.118. The average molecular weight is 329 g/mol. The maximum atomic E-state index is 12.3. The Balaban J connectivity index is 1.91. The quantitative estimate of drug-likeness (QED) is 0.793. The Bertz CT molecular complexity index is 666. The van der Waals surface area contributed by atoms with E-state index in [1.165, 1.54) is 17.4 Å². The fourth-order valence-corrected chi connectivity index (χ4v) is 2.83. The van der Waals surface area contributed by atoms with Crippen LogP contribution in [0.3, 0.4) is 0 Å². The standard InChI is InChI=1S/C17H19N3O2S/c1-3-15(21)19-14-8-5-13(6-9-14)7-10-16(22)20(4-2)17-18-11-12-23-17/h3,5-6,8-9,11-12H,1,4,7,10H2,2H3,(H,19,21). The summed E-state index contributed by atoms with van der Waals surface area (Å²) in [6.45, 7) is 5.96. The van der Waals surface area contributed by atoms with E-state index in [0.29, 0.717) is 25.1 Å². The molecule has 2 aromatic rings. The van der Waals surface area contributed by atoms with Crippen molar-refractivity contribution in [2.45, 2.75) is 19.8 Å². The number of hydrogen-bond acceptors (Lipinski definition) is 4. The lowest BCUT2D eigenvalue weighted by Gasteiger charge is -2.17. The highest BCUT2D eigenvalue weighted by Gasteiger charge is 2.15. The number of carbonyl (C=O) groups excluding carboxylic acids is 2. The molecule has 1 aromatic carbocycles. The molecule has 2 rings (SSSR count). The van der Waals surface area contributed by atoms with E-state index >= 15 is 0 Å². The molecule has 23 heavy (non-hydrogen) atoms. The molecule has 1 N–H and O–H groups in total. The van der Waals surface area contributed by atoms with Gasteiger partial charge in [0.05, 0.1) is 0 Å². The van der Waals surface area contributed by atoms with Gasteiger partial charge in [-0.25, -0.2) is 4.98 Å². The van der Waals surface area contributed by atoms with Crippen molar-refractivity contribution in [3.8, 4) is 0 Å². The summed E-state index contributed by atoms with van der Waals surface area (Å²) in [5, 5.41) is 5.29. The highest BCUT2D eigenvalue weighted by molar-refractivity contribution is 7.13. The molecular weight excluding hydrogens is 310 g/mol. The minimum absolute atomic E-state index is 0.0616. The number of nitrogens with one attached hydrogen (secondary N) is 1. The lowest BCUT2D eigenvalue weighted by Crippen LogP contribution is -2.30. The van der Waals surface area contributed by atoms with Crippen molar-refractivity contribution < 1.29 is 9.59 Å². The van der Waals surface area contributed by atoms with Crippen molar-refractivity contribution in [3.05, 3.63) is 54.1 Å². The van der Waals surface area contributed by atoms with Gasteiger partial charge in [-0.15, -0.1) is 11.3 Å². The van der Waals surface area contributed by atoms with Gasteiger partial charge in [0.25, 0.3) is 0 Å². The van der Waals surface area contributed by atoms with Gasteiger partial charge in [0.15, 0.2) is 5.13 Å². The fraction of sp³-hybridized carbons (Fsp3) is 0.235. The van der Waals surface area contributed by atoms with Gasteiger partial charge in [-0.05, 0) is 37.1 Å². The molecule has 0 saturated carbocycles. The molecule has 1 heterocycles. The monoisotopic (exact) mass is 329 g/mol. The van der Waals surface area contributed by atoms with E-state index in [1.807, 2.05) is 36.6 Å². The van der Waals surface area contributed by atoms with Crippen molar-refractivity contribution in [2.75, 3.05) is 16.8 Å². The number of aryl methyl sites for hydroxylation is 1. The molecule has 0 fully saturated rings. The second kappa shape index (κ2) is 8.24. The second-order valence-corrected chi connectivity index (χ2v) is 5.72. The van der Waals surface area contributed by atoms with Crippen LogP contribution in [0.4, 0.5) is 10.8 Å². The summed E-state index contributed by atoms with van der Waals surface area (Å²) in [5.74, 6) is -0.179. The normalized spacial score (nSPS) is 10.1. The number of amides is 2. The fourth-order valence-electron chi connectivity index (χ4n) is 2.10. The molecule has 120 valence electrons. The first-order valence-corrected chi connectivity index (χ1v) is 8.24. The van der Waals surface area contributed by atoms with Gasteiger partial charge in [-0.3, -0.25) is 14.5 Å². The summed E-state index contributed by atoms with van der Waals surface area (Å²) >= 11 is 1.46. The molecule has 0 bridgehead atoms. The van der Waals surface area contributed by atoms with E-state index in [9.17, 15) is 9.59 Å². The molecule has 5 nitrogen and oxygen atoms in total. The molecule has 0 aliphatic heterocycles. The van der Waals surface area contributed by atoms with Gasteiger partial charge in [0.1, 0.15) is 0 Å². The van der Waals surface area contributed by atoms with E-state index in [1.54, 1.807) is 11.1 Å². The van der Waals surface area contributed by atoms with E-state index < -0.39 is 0 Å². The summed E-state index contributed by atoms with van der Waals surface area (Å²) < 4.78 is 0. The zero-order valence-electron chi connectivity index (χ0n) is 13.0. The molecule has 0 spiro atoms. The van der Waals surface area contributed by atoms with Crippen molar-refractivity contribution >= 4 is 34.0 Å². The molecule has 0 saturated heterocycles. The predicted molar refractivity (Wildman–Crippen MR) is 93.7 cm³/mol. The first kappa shape index (κ1) is 16.9. The molecule has 0 unspecified atom stereocenters. The summed E-state index contributed by atoms with van der Waals surface area (Å²) in [6, 6.07) is 7.45. The highest BCUT2D eigenvalue weighted by Crippen LogP contribution is 2.19. The van der Waals surface area contributed by atoms with Gasteiger partial charge < -0.3 is 5.32 Å². The van der Waals surface area contributed by atoms with Crippen molar-refractivity contribution in [2.24, 2.45) is 0 Å². The molecular formula is C17H19N3O2S. The smallest absolute Gasteiger partial charge is 0.247 e. The molecule has 1 aromatic heterocycles. The molecule has 0 aliphatic rings. The SMILES string of the molecule is C=CC(=O)Nc1ccc(CCC(=O)N(CC)c2nccs2)cc1. The molecule has 0 aliphatic carbocycles. The van der Waals surface area contributed by atoms with E-state index in [0.717, 1.165) is 10.7 Å². The number of anilines is 2. The van der Waals surface area contributed by atoms with Crippen LogP contribution in [-0.4, -0.2) is 23.3 Å². The number of benzene rings is 1. The van der Waals surface area contributed by atoms with Crippen molar-refractivity contribution in [1.29, 1.82) is 0 Å². The minimum atomic E-state index is -0.241. The molecule has 0 atom stereocenters. The zero-order chi connectivity index (χ0) is 16.7. The van der Waals surface area contributed by atoms with Crippen LogP contribution < -0.4 is 10.2 Å². The minimum Gasteiger partial charge on any atom is -0.323 e. The van der Waals surface area contributed by atoms with Crippen LogP contribution in [-0.2, 0) is 16.0 Å². The van der Waals surface area contributed by atoms with Crippen LogP contribution in [0, 0.1) is 0 Å². The number of hydrogen-bond donors (Lipinski definition) is 1. The Morgan fingerprint density at radius 2 is 2.09 bits per heavy atom. The van der Waals surface area contributed by atoms with Gasteiger partial charge in [0, 0.05) is 30.2 Å². The summed E-state index contributed by atoms with van der Waals surface area (Å²) in [7, 11) is 0. The van der Waals surface area contributed by atoms with Crippen LogP contribution >= 0.6 is 11.3 Å². The van der Waals surface area contributed by atoms with Crippen molar-refractivity contribution in [3.63, 3.8) is 0 Å². The first-order valence-electron chi connectivity index (χ1n) is 7.36. The Morgan fingerprint density at radius 3 is 2.65 bits per heavy atom. The third kappa shape index (κ3) is 4.75. The third-order valence-electron chi connectivity index (χ3n) is 3.30. The number of aromatic nitrogens is 1. The van der Waals surface area contributed by atoms with Gasteiger partial charge in [-0.1, -0.05) is 18.7 Å². The summed E-state index contributed by atoms with van der Waals surface area (Å²) in [6.07, 6.45) is 4.00. The Labute approximate surface area is 139 Å². The lowest BCUT2D eigenvalue weighted by atomic mass is 10.1. The Hall–Kier alpha value is -2.47. The maximum Gasteiger partial charge on any atom is 0.247 e. The van der Waals surface area contributed by atoms with E-state index in [-0.39, 0.29) is 11.8 Å². The highest BCUT2D eigenvalue weighted by atomic mass is 32.1. The van der Waals surface area contributed by atoms with Gasteiger partial charge >= 0.3 is 0 Å². The predicted octanol–water partition coefficient (Wildman–Crippen LogP) is 3.25. The van der Waals surface area contributed by atoms with E-state index in [2.05, 4.69) is 16.9 Å². The van der Waals surface area contributed by atoms with E-state index in [4.69, 9.17) is 0 Å². The first-order chi connectivity index (χ1) is 11.1.